The molecule has 0 atom stereocenters. The molecular formula is C10H9F4NO2. The molecule has 2 N–H and O–H groups in total. The lowest BCUT2D eigenvalue weighted by Crippen LogP contribution is -2.18. The highest BCUT2D eigenvalue weighted by atomic mass is 19.4. The highest BCUT2D eigenvalue weighted by Crippen LogP contribution is 2.37. The summed E-state index contributed by atoms with van der Waals surface area (Å²) in [6, 6.07) is 1.39. The van der Waals surface area contributed by atoms with E-state index in [1.54, 1.807) is 0 Å². The predicted octanol–water partition coefficient (Wildman–Crippen LogP) is 2.60. The number of hydrogen-bond donors (Lipinski definition) is 1. The van der Waals surface area contributed by atoms with Gasteiger partial charge in [0.05, 0.1) is 23.4 Å². The van der Waals surface area contributed by atoms with E-state index in [2.05, 4.69) is 4.74 Å². The van der Waals surface area contributed by atoms with Gasteiger partial charge in [0.15, 0.2) is 0 Å². The van der Waals surface area contributed by atoms with Gasteiger partial charge in [0.2, 0.25) is 0 Å². The molecule has 0 heterocycles. The molecule has 0 aliphatic rings. The van der Waals surface area contributed by atoms with Crippen molar-refractivity contribution in [2.45, 2.75) is 13.1 Å². The van der Waals surface area contributed by atoms with E-state index in [0.717, 1.165) is 0 Å². The molecule has 17 heavy (non-hydrogen) atoms. The third-order valence-corrected chi connectivity index (χ3v) is 1.97. The first-order valence-corrected chi connectivity index (χ1v) is 4.61. The largest absolute Gasteiger partial charge is 0.462 e. The number of nitrogen functional groups attached to an aromatic ring is 1. The molecule has 0 aliphatic heterocycles. The van der Waals surface area contributed by atoms with Crippen LogP contribution in [0.4, 0.5) is 23.2 Å². The number of halogens is 4. The number of rotatable bonds is 2. The van der Waals surface area contributed by atoms with Crippen molar-refractivity contribution in [2.24, 2.45) is 0 Å². The lowest BCUT2D eigenvalue weighted by atomic mass is 10.0. The Balaban J connectivity index is 3.41. The topological polar surface area (TPSA) is 52.3 Å². The van der Waals surface area contributed by atoms with Crippen LogP contribution in [0.1, 0.15) is 22.8 Å². The average molecular weight is 251 g/mol. The molecule has 94 valence electrons. The number of carbonyl (C=O) groups is 1. The maximum absolute atomic E-state index is 13.0. The smallest absolute Gasteiger partial charge is 0.419 e. The van der Waals surface area contributed by atoms with Crippen molar-refractivity contribution in [3.63, 3.8) is 0 Å². The summed E-state index contributed by atoms with van der Waals surface area (Å²) in [6.45, 7) is 1.35. The van der Waals surface area contributed by atoms with Crippen LogP contribution in [-0.2, 0) is 10.9 Å². The van der Waals surface area contributed by atoms with Crippen molar-refractivity contribution in [1.29, 1.82) is 0 Å². The molecule has 3 nitrogen and oxygen atoms in total. The molecule has 1 rings (SSSR count). The van der Waals surface area contributed by atoms with E-state index in [9.17, 15) is 22.4 Å². The minimum atomic E-state index is -4.92. The quantitative estimate of drug-likeness (QED) is 0.499. The van der Waals surface area contributed by atoms with E-state index >= 15 is 0 Å². The number of hydrogen-bond acceptors (Lipinski definition) is 3. The highest BCUT2D eigenvalue weighted by molar-refractivity contribution is 5.93. The minimum absolute atomic E-state index is 0.0899. The van der Waals surface area contributed by atoms with Gasteiger partial charge in [0.1, 0.15) is 5.82 Å². The average Bonchev–Trinajstić information content (AvgIpc) is 2.20. The van der Waals surface area contributed by atoms with Crippen molar-refractivity contribution < 1.29 is 27.1 Å². The van der Waals surface area contributed by atoms with Crippen molar-refractivity contribution in [3.8, 4) is 0 Å². The Bertz CT molecular complexity index is 443. The van der Waals surface area contributed by atoms with E-state index in [4.69, 9.17) is 5.73 Å². The Labute approximate surface area is 94.2 Å². The Morgan fingerprint density at radius 3 is 2.47 bits per heavy atom. The highest BCUT2D eigenvalue weighted by Gasteiger charge is 2.39. The van der Waals surface area contributed by atoms with Crippen molar-refractivity contribution >= 4 is 11.7 Å². The van der Waals surface area contributed by atoms with Gasteiger partial charge >= 0.3 is 12.1 Å². The van der Waals surface area contributed by atoms with E-state index in [-0.39, 0.29) is 6.61 Å². The predicted molar refractivity (Wildman–Crippen MR) is 51.8 cm³/mol. The fraction of sp³-hybridized carbons (Fsp3) is 0.300. The van der Waals surface area contributed by atoms with Gasteiger partial charge in [0.25, 0.3) is 0 Å². The van der Waals surface area contributed by atoms with E-state index in [0.29, 0.717) is 12.1 Å². The minimum Gasteiger partial charge on any atom is -0.462 e. The lowest BCUT2D eigenvalue weighted by molar-refractivity contribution is -0.137. The van der Waals surface area contributed by atoms with E-state index in [1.165, 1.54) is 6.92 Å². The second-order valence-corrected chi connectivity index (χ2v) is 3.10. The first kappa shape index (κ1) is 13.3. The van der Waals surface area contributed by atoms with Crippen LogP contribution in [0.25, 0.3) is 0 Å². The Kier molecular flexibility index (Phi) is 3.59. The summed E-state index contributed by atoms with van der Waals surface area (Å²) in [5, 5.41) is 0. The molecule has 1 aromatic carbocycles. The zero-order valence-electron chi connectivity index (χ0n) is 8.77. The first-order chi connectivity index (χ1) is 7.79. The molecule has 0 aliphatic carbocycles. The van der Waals surface area contributed by atoms with Crippen molar-refractivity contribution in [3.05, 3.63) is 29.1 Å². The molecule has 0 saturated heterocycles. The Hall–Kier alpha value is -1.79. The number of alkyl halides is 3. The van der Waals surface area contributed by atoms with Crippen molar-refractivity contribution in [2.75, 3.05) is 12.3 Å². The second kappa shape index (κ2) is 4.60. The molecule has 0 unspecified atom stereocenters. The number of anilines is 1. The summed E-state index contributed by atoms with van der Waals surface area (Å²) in [5.74, 6) is -2.42. The summed E-state index contributed by atoms with van der Waals surface area (Å²) in [4.78, 5) is 11.3. The molecule has 0 amide bonds. The molecule has 0 saturated carbocycles. The van der Waals surface area contributed by atoms with Gasteiger partial charge in [-0.25, -0.2) is 9.18 Å². The summed E-state index contributed by atoms with van der Waals surface area (Å²) in [6.07, 6.45) is -4.92. The van der Waals surface area contributed by atoms with Gasteiger partial charge in [0, 0.05) is 0 Å². The molecule has 0 spiro atoms. The van der Waals surface area contributed by atoms with Crippen LogP contribution < -0.4 is 5.73 Å². The standard InChI is InChI=1S/C10H9F4NO2/c1-2-17-9(16)5-3-4-6(11)8(15)7(5)10(12,13)14/h3-4H,2,15H2,1H3. The molecule has 7 heteroatoms. The number of carbonyl (C=O) groups excluding carboxylic acids is 1. The van der Waals surface area contributed by atoms with Gasteiger partial charge < -0.3 is 10.5 Å². The van der Waals surface area contributed by atoms with E-state index < -0.39 is 34.8 Å². The number of benzene rings is 1. The van der Waals surface area contributed by atoms with Gasteiger partial charge in [-0.1, -0.05) is 0 Å². The number of nitrogens with two attached hydrogens (primary N) is 1. The zero-order chi connectivity index (χ0) is 13.2. The van der Waals surface area contributed by atoms with Crippen molar-refractivity contribution in [1.82, 2.24) is 0 Å². The van der Waals surface area contributed by atoms with Gasteiger partial charge in [-0.05, 0) is 19.1 Å². The normalized spacial score (nSPS) is 11.4. The number of esters is 1. The maximum Gasteiger partial charge on any atom is 0.419 e. The number of ether oxygens (including phenoxy) is 1. The third kappa shape index (κ3) is 2.66. The van der Waals surface area contributed by atoms with E-state index in [1.807, 2.05) is 0 Å². The van der Waals surface area contributed by atoms with Gasteiger partial charge in [-0.15, -0.1) is 0 Å². The van der Waals surface area contributed by atoms with Crippen LogP contribution >= 0.6 is 0 Å². The Morgan fingerprint density at radius 2 is 2.00 bits per heavy atom. The summed E-state index contributed by atoms with van der Waals surface area (Å²) < 4.78 is 55.3. The third-order valence-electron chi connectivity index (χ3n) is 1.97. The SMILES string of the molecule is CCOC(=O)c1ccc(F)c(N)c1C(F)(F)F. The summed E-state index contributed by atoms with van der Waals surface area (Å²) in [5.41, 5.74) is 1.60. The summed E-state index contributed by atoms with van der Waals surface area (Å²) >= 11 is 0. The monoisotopic (exact) mass is 251 g/mol. The van der Waals surface area contributed by atoms with Gasteiger partial charge in [-0.3, -0.25) is 0 Å². The fourth-order valence-corrected chi connectivity index (χ4v) is 1.28. The summed E-state index contributed by atoms with van der Waals surface area (Å²) in [7, 11) is 0. The first-order valence-electron chi connectivity index (χ1n) is 4.61. The van der Waals surface area contributed by atoms with Crippen LogP contribution in [0.3, 0.4) is 0 Å². The van der Waals surface area contributed by atoms with Crippen LogP contribution in [0.15, 0.2) is 12.1 Å². The Morgan fingerprint density at radius 1 is 1.41 bits per heavy atom. The molecule has 0 bridgehead atoms. The van der Waals surface area contributed by atoms with Crippen LogP contribution in [-0.4, -0.2) is 12.6 Å². The second-order valence-electron chi connectivity index (χ2n) is 3.10. The molecule has 1 aromatic rings. The van der Waals surface area contributed by atoms with Crippen LogP contribution in [0.5, 0.6) is 0 Å². The lowest BCUT2D eigenvalue weighted by Gasteiger charge is -2.14. The molecule has 0 fully saturated rings. The van der Waals surface area contributed by atoms with Gasteiger partial charge in [-0.2, -0.15) is 13.2 Å². The molecule has 0 aromatic heterocycles. The maximum atomic E-state index is 13.0. The fourth-order valence-electron chi connectivity index (χ4n) is 1.28. The van der Waals surface area contributed by atoms with Crippen LogP contribution in [0, 0.1) is 5.82 Å². The molecular weight excluding hydrogens is 242 g/mol. The zero-order valence-corrected chi connectivity index (χ0v) is 8.77. The molecule has 0 radical (unpaired) electrons. The van der Waals surface area contributed by atoms with Crippen LogP contribution in [0.2, 0.25) is 0 Å².